The van der Waals surface area contributed by atoms with E-state index in [2.05, 4.69) is 0 Å². The van der Waals surface area contributed by atoms with E-state index < -0.39 is 17.9 Å². The molecule has 2 heterocycles. The molecule has 1 saturated heterocycles. The van der Waals surface area contributed by atoms with E-state index in [1.165, 1.54) is 0 Å². The van der Waals surface area contributed by atoms with Crippen LogP contribution in [0.25, 0.3) is 0 Å². The number of hydrogen-bond donors (Lipinski definition) is 1. The van der Waals surface area contributed by atoms with Gasteiger partial charge in [0.25, 0.3) is 0 Å². The van der Waals surface area contributed by atoms with E-state index in [9.17, 15) is 14.7 Å². The largest absolute Gasteiger partial charge is 0.486 e. The van der Waals surface area contributed by atoms with Crippen molar-refractivity contribution in [1.82, 2.24) is 4.90 Å². The molecule has 136 valence electrons. The molecule has 25 heavy (non-hydrogen) atoms. The van der Waals surface area contributed by atoms with Gasteiger partial charge in [0.05, 0.1) is 12.0 Å². The van der Waals surface area contributed by atoms with Crippen molar-refractivity contribution < 1.29 is 28.9 Å². The highest BCUT2D eigenvalue weighted by atomic mass is 16.6. The number of fused-ring (bicyclic) bond motifs is 1. The van der Waals surface area contributed by atoms with E-state index in [-0.39, 0.29) is 12.3 Å². The second-order valence-electron chi connectivity index (χ2n) is 6.23. The Kier molecular flexibility index (Phi) is 5.43. The van der Waals surface area contributed by atoms with Crippen molar-refractivity contribution in [2.75, 3.05) is 33.5 Å². The number of methoxy groups -OCH3 is 1. The number of rotatable bonds is 6. The maximum absolute atomic E-state index is 12.5. The van der Waals surface area contributed by atoms with Gasteiger partial charge in [-0.05, 0) is 18.9 Å². The molecule has 1 aromatic rings. The molecule has 1 amide bonds. The number of para-hydroxylation sites is 1. The summed E-state index contributed by atoms with van der Waals surface area (Å²) in [6.45, 7) is 1.83. The molecule has 2 aliphatic heterocycles. The molecule has 2 aliphatic rings. The molecule has 1 aromatic carbocycles. The first kappa shape index (κ1) is 17.5. The SMILES string of the molecule is COCCCN1C(=O)CC[C@H](C(=O)O)[C@H]1c1cccc2c1OCCO2. The third-order valence-corrected chi connectivity index (χ3v) is 4.69. The number of carbonyl (C=O) groups is 2. The van der Waals surface area contributed by atoms with Crippen LogP contribution in [0, 0.1) is 5.92 Å². The zero-order valence-electron chi connectivity index (χ0n) is 14.3. The van der Waals surface area contributed by atoms with Gasteiger partial charge in [0.15, 0.2) is 11.5 Å². The summed E-state index contributed by atoms with van der Waals surface area (Å²) in [4.78, 5) is 26.0. The number of carboxylic acid groups (broad SMARTS) is 1. The predicted octanol–water partition coefficient (Wildman–Crippen LogP) is 1.86. The molecule has 0 radical (unpaired) electrons. The molecule has 0 aromatic heterocycles. The van der Waals surface area contributed by atoms with Crippen LogP contribution in [-0.2, 0) is 14.3 Å². The van der Waals surface area contributed by atoms with Crippen molar-refractivity contribution >= 4 is 11.9 Å². The number of likely N-dealkylation sites (tertiary alicyclic amines) is 1. The van der Waals surface area contributed by atoms with Crippen molar-refractivity contribution in [2.24, 2.45) is 5.92 Å². The number of benzene rings is 1. The van der Waals surface area contributed by atoms with Gasteiger partial charge in [0, 0.05) is 32.2 Å². The lowest BCUT2D eigenvalue weighted by atomic mass is 9.83. The molecule has 7 heteroatoms. The molecule has 0 bridgehead atoms. The predicted molar refractivity (Wildman–Crippen MR) is 88.7 cm³/mol. The summed E-state index contributed by atoms with van der Waals surface area (Å²) in [5.41, 5.74) is 0.704. The third-order valence-electron chi connectivity index (χ3n) is 4.69. The third kappa shape index (κ3) is 3.56. The molecule has 3 rings (SSSR count). The highest BCUT2D eigenvalue weighted by molar-refractivity contribution is 5.82. The first-order valence-electron chi connectivity index (χ1n) is 8.53. The molecule has 0 saturated carbocycles. The molecule has 0 spiro atoms. The summed E-state index contributed by atoms with van der Waals surface area (Å²) in [6, 6.07) is 4.88. The molecular weight excluding hydrogens is 326 g/mol. The number of aliphatic carboxylic acids is 1. The van der Waals surface area contributed by atoms with E-state index in [0.29, 0.717) is 56.3 Å². The standard InChI is InChI=1S/C18H23NO6/c1-23-9-3-8-19-15(20)7-6-13(18(21)22)16(19)12-4-2-5-14-17(12)25-11-10-24-14/h2,4-5,13,16H,3,6-11H2,1H3,(H,21,22)/t13-,16+/m0/s1. The second-order valence-corrected chi connectivity index (χ2v) is 6.23. The monoisotopic (exact) mass is 349 g/mol. The number of hydrogen-bond acceptors (Lipinski definition) is 5. The Morgan fingerprint density at radius 3 is 2.92 bits per heavy atom. The number of carbonyl (C=O) groups excluding carboxylic acids is 1. The summed E-state index contributed by atoms with van der Waals surface area (Å²) in [5, 5.41) is 9.71. The maximum Gasteiger partial charge on any atom is 0.308 e. The number of nitrogens with zero attached hydrogens (tertiary/aromatic N) is 1. The topological polar surface area (TPSA) is 85.3 Å². The second kappa shape index (κ2) is 7.74. The Hall–Kier alpha value is -2.28. The van der Waals surface area contributed by atoms with Crippen LogP contribution in [0.15, 0.2) is 18.2 Å². The lowest BCUT2D eigenvalue weighted by Gasteiger charge is -2.40. The Morgan fingerprint density at radius 2 is 2.16 bits per heavy atom. The van der Waals surface area contributed by atoms with E-state index in [0.717, 1.165) is 0 Å². The van der Waals surface area contributed by atoms with Crippen LogP contribution >= 0.6 is 0 Å². The average molecular weight is 349 g/mol. The Morgan fingerprint density at radius 1 is 1.36 bits per heavy atom. The summed E-state index contributed by atoms with van der Waals surface area (Å²) in [6.07, 6.45) is 1.22. The van der Waals surface area contributed by atoms with Gasteiger partial charge in [-0.3, -0.25) is 9.59 Å². The van der Waals surface area contributed by atoms with Crippen molar-refractivity contribution in [3.63, 3.8) is 0 Å². The molecule has 2 atom stereocenters. The first-order valence-corrected chi connectivity index (χ1v) is 8.53. The highest BCUT2D eigenvalue weighted by Crippen LogP contribution is 2.45. The van der Waals surface area contributed by atoms with Gasteiger partial charge in [-0.1, -0.05) is 12.1 Å². The normalized spacial score (nSPS) is 22.8. The number of ether oxygens (including phenoxy) is 3. The summed E-state index contributed by atoms with van der Waals surface area (Å²) < 4.78 is 16.5. The van der Waals surface area contributed by atoms with Crippen LogP contribution < -0.4 is 9.47 Å². The van der Waals surface area contributed by atoms with Crippen LogP contribution in [0.5, 0.6) is 11.5 Å². The van der Waals surface area contributed by atoms with Crippen LogP contribution in [0.3, 0.4) is 0 Å². The highest BCUT2D eigenvalue weighted by Gasteiger charge is 2.42. The summed E-state index contributed by atoms with van der Waals surface area (Å²) >= 11 is 0. The molecule has 7 nitrogen and oxygen atoms in total. The van der Waals surface area contributed by atoms with Gasteiger partial charge < -0.3 is 24.2 Å². The van der Waals surface area contributed by atoms with Crippen molar-refractivity contribution in [3.8, 4) is 11.5 Å². The smallest absolute Gasteiger partial charge is 0.308 e. The van der Waals surface area contributed by atoms with E-state index in [1.54, 1.807) is 18.1 Å². The number of carboxylic acids is 1. The summed E-state index contributed by atoms with van der Waals surface area (Å²) in [5.74, 6) is -0.451. The van der Waals surface area contributed by atoms with E-state index >= 15 is 0 Å². The number of piperidine rings is 1. The fourth-order valence-corrected chi connectivity index (χ4v) is 3.57. The lowest BCUT2D eigenvalue weighted by Crippen LogP contribution is -2.46. The van der Waals surface area contributed by atoms with E-state index in [1.807, 2.05) is 12.1 Å². The van der Waals surface area contributed by atoms with Crippen LogP contribution in [0.2, 0.25) is 0 Å². The minimum absolute atomic E-state index is 0.0343. The van der Waals surface area contributed by atoms with Gasteiger partial charge in [0.2, 0.25) is 5.91 Å². The van der Waals surface area contributed by atoms with Gasteiger partial charge >= 0.3 is 5.97 Å². The van der Waals surface area contributed by atoms with Crippen molar-refractivity contribution in [2.45, 2.75) is 25.3 Å². The molecule has 0 unspecified atom stereocenters. The minimum atomic E-state index is -0.899. The van der Waals surface area contributed by atoms with Crippen LogP contribution in [0.4, 0.5) is 0 Å². The Balaban J connectivity index is 1.99. The van der Waals surface area contributed by atoms with Crippen molar-refractivity contribution in [3.05, 3.63) is 23.8 Å². The molecule has 0 aliphatic carbocycles. The molecule has 1 fully saturated rings. The maximum atomic E-state index is 12.5. The summed E-state index contributed by atoms with van der Waals surface area (Å²) in [7, 11) is 1.61. The molecule has 1 N–H and O–H groups in total. The first-order chi connectivity index (χ1) is 12.1. The Bertz CT molecular complexity index is 646. The quantitative estimate of drug-likeness (QED) is 0.789. The zero-order chi connectivity index (χ0) is 17.8. The Labute approximate surface area is 146 Å². The van der Waals surface area contributed by atoms with Gasteiger partial charge in [0.1, 0.15) is 13.2 Å². The van der Waals surface area contributed by atoms with Crippen molar-refractivity contribution in [1.29, 1.82) is 0 Å². The fourth-order valence-electron chi connectivity index (χ4n) is 3.57. The van der Waals surface area contributed by atoms with E-state index in [4.69, 9.17) is 14.2 Å². The lowest BCUT2D eigenvalue weighted by molar-refractivity contribution is -0.152. The van der Waals surface area contributed by atoms with Gasteiger partial charge in [-0.25, -0.2) is 0 Å². The average Bonchev–Trinajstić information content (AvgIpc) is 2.62. The minimum Gasteiger partial charge on any atom is -0.486 e. The fraction of sp³-hybridized carbons (Fsp3) is 0.556. The van der Waals surface area contributed by atoms with Crippen LogP contribution in [0.1, 0.15) is 30.9 Å². The van der Waals surface area contributed by atoms with Gasteiger partial charge in [-0.15, -0.1) is 0 Å². The molecular formula is C18H23NO6. The van der Waals surface area contributed by atoms with Crippen LogP contribution in [-0.4, -0.2) is 55.4 Å². The van der Waals surface area contributed by atoms with Gasteiger partial charge in [-0.2, -0.15) is 0 Å². The zero-order valence-corrected chi connectivity index (χ0v) is 14.3. The number of amides is 1.